The number of benzene rings is 1. The van der Waals surface area contributed by atoms with Crippen molar-refractivity contribution in [1.82, 2.24) is 4.31 Å². The molecule has 1 aliphatic rings. The van der Waals surface area contributed by atoms with Gasteiger partial charge in [-0.3, -0.25) is 4.79 Å². The third kappa shape index (κ3) is 4.43. The molecule has 1 aromatic carbocycles. The molecule has 0 atom stereocenters. The molecule has 1 aromatic rings. The van der Waals surface area contributed by atoms with Crippen LogP contribution in [0.25, 0.3) is 0 Å². The zero-order valence-corrected chi connectivity index (χ0v) is 15.8. The summed E-state index contributed by atoms with van der Waals surface area (Å²) in [6.07, 6.45) is 0.712. The van der Waals surface area contributed by atoms with E-state index >= 15 is 0 Å². The van der Waals surface area contributed by atoms with Crippen molar-refractivity contribution in [2.45, 2.75) is 17.7 Å². The van der Waals surface area contributed by atoms with Gasteiger partial charge < -0.3 is 4.74 Å². The van der Waals surface area contributed by atoms with Crippen LogP contribution < -0.4 is 0 Å². The summed E-state index contributed by atoms with van der Waals surface area (Å²) in [6, 6.07) is 4.53. The number of carbonyl (C=O) groups is 1. The normalized spacial score (nSPS) is 16.8. The first kappa shape index (κ1) is 19.5. The van der Waals surface area contributed by atoms with E-state index in [2.05, 4.69) is 6.58 Å². The van der Waals surface area contributed by atoms with Crippen molar-refractivity contribution in [1.29, 1.82) is 0 Å². The number of nitrogens with zero attached hydrogens (tertiary/aromatic N) is 1. The molecular weight excluding hydrogens is 397 g/mol. The fourth-order valence-electron chi connectivity index (χ4n) is 2.46. The lowest BCUT2D eigenvalue weighted by atomic mass is 9.98. The molecule has 0 radical (unpaired) electrons. The summed E-state index contributed by atoms with van der Waals surface area (Å²) in [5.41, 5.74) is 0. The molecular formula is C15H16Cl3NO4S. The summed E-state index contributed by atoms with van der Waals surface area (Å²) in [7, 11) is -3.82. The monoisotopic (exact) mass is 411 g/mol. The van der Waals surface area contributed by atoms with Crippen LogP contribution in [0, 0.1) is 5.92 Å². The molecule has 0 aliphatic carbocycles. The van der Waals surface area contributed by atoms with Gasteiger partial charge >= 0.3 is 5.97 Å². The summed E-state index contributed by atoms with van der Waals surface area (Å²) in [4.78, 5) is 11.8. The van der Waals surface area contributed by atoms with Gasteiger partial charge in [-0.25, -0.2) is 8.42 Å². The van der Waals surface area contributed by atoms with Crippen molar-refractivity contribution in [2.24, 2.45) is 5.92 Å². The van der Waals surface area contributed by atoms with E-state index in [4.69, 9.17) is 39.5 Å². The molecule has 9 heteroatoms. The summed E-state index contributed by atoms with van der Waals surface area (Å²) >= 11 is 17.6. The standard InChI is InChI=1S/C15H16Cl3NO4S/c1-10(16)9-23-15(20)11-5-7-19(8-6-11)24(21,22)14-12(17)3-2-4-13(14)18/h2-4,11H,1,5-9H2. The number of hydrogen-bond donors (Lipinski definition) is 0. The maximum Gasteiger partial charge on any atom is 0.309 e. The Morgan fingerprint density at radius 3 is 2.29 bits per heavy atom. The minimum atomic E-state index is -3.82. The van der Waals surface area contributed by atoms with Crippen LogP contribution in [0.3, 0.4) is 0 Å². The van der Waals surface area contributed by atoms with E-state index in [0.717, 1.165) is 0 Å². The summed E-state index contributed by atoms with van der Waals surface area (Å²) in [6.45, 7) is 3.77. The predicted molar refractivity (Wildman–Crippen MR) is 93.9 cm³/mol. The van der Waals surface area contributed by atoms with Gasteiger partial charge in [-0.2, -0.15) is 4.31 Å². The lowest BCUT2D eigenvalue weighted by Gasteiger charge is -2.30. The van der Waals surface area contributed by atoms with Crippen LogP contribution in [0.4, 0.5) is 0 Å². The van der Waals surface area contributed by atoms with E-state index in [1.165, 1.54) is 16.4 Å². The van der Waals surface area contributed by atoms with Gasteiger partial charge in [0.2, 0.25) is 10.0 Å². The fraction of sp³-hybridized carbons (Fsp3) is 0.400. The van der Waals surface area contributed by atoms with Gasteiger partial charge in [-0.15, -0.1) is 0 Å². The number of ether oxygens (including phenoxy) is 1. The number of piperidine rings is 1. The topological polar surface area (TPSA) is 63.7 Å². The Labute approximate surface area is 156 Å². The van der Waals surface area contributed by atoms with Gasteiger partial charge in [-0.1, -0.05) is 47.4 Å². The quantitative estimate of drug-likeness (QED) is 0.692. The Morgan fingerprint density at radius 1 is 1.25 bits per heavy atom. The molecule has 1 fully saturated rings. The highest BCUT2D eigenvalue weighted by molar-refractivity contribution is 7.89. The molecule has 0 saturated carbocycles. The maximum absolute atomic E-state index is 12.7. The number of esters is 1. The van der Waals surface area contributed by atoms with E-state index in [-0.39, 0.29) is 45.6 Å². The van der Waals surface area contributed by atoms with E-state index in [1.807, 2.05) is 0 Å². The minimum absolute atomic E-state index is 0.0475. The van der Waals surface area contributed by atoms with Crippen molar-refractivity contribution < 1.29 is 17.9 Å². The second kappa shape index (κ2) is 8.06. The van der Waals surface area contributed by atoms with Gasteiger partial charge in [0, 0.05) is 18.1 Å². The fourth-order valence-corrected chi connectivity index (χ4v) is 5.07. The van der Waals surface area contributed by atoms with E-state index in [1.54, 1.807) is 6.07 Å². The third-order valence-electron chi connectivity index (χ3n) is 3.68. The molecule has 24 heavy (non-hydrogen) atoms. The van der Waals surface area contributed by atoms with Crippen molar-refractivity contribution in [2.75, 3.05) is 19.7 Å². The van der Waals surface area contributed by atoms with Crippen molar-refractivity contribution in [3.63, 3.8) is 0 Å². The van der Waals surface area contributed by atoms with E-state index in [9.17, 15) is 13.2 Å². The number of halogens is 3. The van der Waals surface area contributed by atoms with Gasteiger partial charge in [0.25, 0.3) is 0 Å². The molecule has 0 unspecified atom stereocenters. The molecule has 2 rings (SSSR count). The Balaban J connectivity index is 2.06. The van der Waals surface area contributed by atoms with Crippen LogP contribution in [-0.4, -0.2) is 38.4 Å². The molecule has 0 aromatic heterocycles. The average molecular weight is 413 g/mol. The van der Waals surface area contributed by atoms with Gasteiger partial charge in [0.05, 0.1) is 16.0 Å². The van der Waals surface area contributed by atoms with Crippen LogP contribution in [0.1, 0.15) is 12.8 Å². The van der Waals surface area contributed by atoms with E-state index < -0.39 is 16.0 Å². The Hall–Kier alpha value is -0.790. The highest BCUT2D eigenvalue weighted by Crippen LogP contribution is 2.33. The van der Waals surface area contributed by atoms with Crippen LogP contribution in [0.2, 0.25) is 10.0 Å². The first-order valence-corrected chi connectivity index (χ1v) is 9.75. The number of rotatable bonds is 5. The minimum Gasteiger partial charge on any atom is -0.460 e. The second-order valence-corrected chi connectivity index (χ2v) is 8.58. The van der Waals surface area contributed by atoms with Crippen molar-refractivity contribution >= 4 is 50.8 Å². The average Bonchev–Trinajstić information content (AvgIpc) is 2.52. The smallest absolute Gasteiger partial charge is 0.309 e. The predicted octanol–water partition coefficient (Wildman–Crippen LogP) is 3.69. The summed E-state index contributed by atoms with van der Waals surface area (Å²) in [5.74, 6) is -0.765. The van der Waals surface area contributed by atoms with E-state index in [0.29, 0.717) is 12.8 Å². The lowest BCUT2D eigenvalue weighted by Crippen LogP contribution is -2.40. The molecule has 1 aliphatic heterocycles. The zero-order valence-electron chi connectivity index (χ0n) is 12.7. The van der Waals surface area contributed by atoms with Gasteiger partial charge in [0.15, 0.2) is 0 Å². The number of carbonyl (C=O) groups excluding carboxylic acids is 1. The SMILES string of the molecule is C=C(Cl)COC(=O)C1CCN(S(=O)(=O)c2c(Cl)cccc2Cl)CC1. The lowest BCUT2D eigenvalue weighted by molar-refractivity contribution is -0.148. The molecule has 5 nitrogen and oxygen atoms in total. The Bertz CT molecular complexity index is 723. The number of sulfonamides is 1. The largest absolute Gasteiger partial charge is 0.460 e. The zero-order chi connectivity index (χ0) is 17.9. The first-order chi connectivity index (χ1) is 11.2. The summed E-state index contributed by atoms with van der Waals surface area (Å²) in [5, 5.41) is 0.381. The van der Waals surface area contributed by atoms with Crippen molar-refractivity contribution in [3.8, 4) is 0 Å². The Kier molecular flexibility index (Phi) is 6.56. The highest BCUT2D eigenvalue weighted by atomic mass is 35.5. The highest BCUT2D eigenvalue weighted by Gasteiger charge is 2.34. The van der Waals surface area contributed by atoms with Crippen LogP contribution >= 0.6 is 34.8 Å². The first-order valence-electron chi connectivity index (χ1n) is 7.17. The molecule has 1 heterocycles. The number of hydrogen-bond acceptors (Lipinski definition) is 4. The van der Waals surface area contributed by atoms with Crippen molar-refractivity contribution in [3.05, 3.63) is 39.9 Å². The Morgan fingerprint density at radius 2 is 1.79 bits per heavy atom. The van der Waals surface area contributed by atoms with Crippen LogP contribution in [-0.2, 0) is 19.6 Å². The maximum atomic E-state index is 12.7. The third-order valence-corrected chi connectivity index (χ3v) is 6.64. The van der Waals surface area contributed by atoms with Crippen LogP contribution in [0.5, 0.6) is 0 Å². The van der Waals surface area contributed by atoms with Crippen LogP contribution in [0.15, 0.2) is 34.7 Å². The molecule has 1 saturated heterocycles. The molecule has 0 bridgehead atoms. The molecule has 0 N–H and O–H groups in total. The van der Waals surface area contributed by atoms with Gasteiger partial charge in [-0.05, 0) is 25.0 Å². The molecule has 132 valence electrons. The molecule has 0 amide bonds. The van der Waals surface area contributed by atoms with Gasteiger partial charge in [0.1, 0.15) is 11.5 Å². The molecule has 0 spiro atoms. The second-order valence-electron chi connectivity index (χ2n) is 5.35. The summed E-state index contributed by atoms with van der Waals surface area (Å²) < 4.78 is 31.8.